The van der Waals surface area contributed by atoms with Gasteiger partial charge in [0.1, 0.15) is 0 Å². The van der Waals surface area contributed by atoms with E-state index in [0.717, 1.165) is 5.92 Å². The molecule has 0 saturated heterocycles. The molecule has 1 aliphatic carbocycles. The molecule has 0 N–H and O–H groups in total. The van der Waals surface area contributed by atoms with Gasteiger partial charge in [-0.15, -0.1) is 0 Å². The maximum absolute atomic E-state index is 2.33. The lowest BCUT2D eigenvalue weighted by molar-refractivity contribution is 0.455. The Labute approximate surface area is 100 Å². The monoisotopic (exact) mass is 215 g/mol. The highest BCUT2D eigenvalue weighted by atomic mass is 14.2. The fraction of sp³-hybridized carbons (Fsp3) is 0.562. The van der Waals surface area contributed by atoms with Gasteiger partial charge in [-0.25, -0.2) is 0 Å². The van der Waals surface area contributed by atoms with Gasteiger partial charge >= 0.3 is 0 Å². The third-order valence-electron chi connectivity index (χ3n) is 3.85. The molecule has 0 aliphatic heterocycles. The summed E-state index contributed by atoms with van der Waals surface area (Å²) in [6.45, 7) is 2.15. The van der Waals surface area contributed by atoms with Gasteiger partial charge in [-0.3, -0.25) is 0 Å². The van der Waals surface area contributed by atoms with Crippen LogP contribution in [0.25, 0.3) is 0 Å². The van der Waals surface area contributed by atoms with Crippen LogP contribution in [0.15, 0.2) is 24.3 Å². The van der Waals surface area contributed by atoms with Crippen molar-refractivity contribution in [2.24, 2.45) is 0 Å². The Bertz CT molecular complexity index is 306. The van der Waals surface area contributed by atoms with Crippen LogP contribution in [0, 0.1) is 6.42 Å². The van der Waals surface area contributed by atoms with E-state index in [1.54, 1.807) is 5.56 Å². The fourth-order valence-corrected chi connectivity index (χ4v) is 2.91. The highest BCUT2D eigenvalue weighted by Crippen LogP contribution is 2.33. The zero-order valence-corrected chi connectivity index (χ0v) is 10.4. The van der Waals surface area contributed by atoms with Crippen LogP contribution >= 0.6 is 0 Å². The smallest absolute Gasteiger partial charge is 0.0121 e. The Morgan fingerprint density at radius 1 is 0.938 bits per heavy atom. The van der Waals surface area contributed by atoms with E-state index in [4.69, 9.17) is 0 Å². The van der Waals surface area contributed by atoms with Crippen LogP contribution in [0.2, 0.25) is 0 Å². The zero-order chi connectivity index (χ0) is 11.2. The van der Waals surface area contributed by atoms with E-state index in [-0.39, 0.29) is 0 Å². The Hall–Kier alpha value is -0.780. The second-order valence-electron chi connectivity index (χ2n) is 4.96. The normalized spacial score (nSPS) is 19.1. The summed E-state index contributed by atoms with van der Waals surface area (Å²) in [4.78, 5) is 0. The molecular formula is C16H23. The molecule has 1 aromatic carbocycles. The number of hydrogen-bond donors (Lipinski definition) is 0. The largest absolute Gasteiger partial charge is 0.0620 e. The molecule has 0 heteroatoms. The van der Waals surface area contributed by atoms with Crippen LogP contribution in [0.4, 0.5) is 0 Å². The Morgan fingerprint density at radius 3 is 2.25 bits per heavy atom. The zero-order valence-electron chi connectivity index (χ0n) is 10.4. The lowest BCUT2D eigenvalue weighted by Crippen LogP contribution is -2.04. The molecule has 0 atom stereocenters. The predicted molar refractivity (Wildman–Crippen MR) is 70.6 cm³/mol. The van der Waals surface area contributed by atoms with E-state index >= 15 is 0 Å². The maximum atomic E-state index is 2.33. The SMILES string of the molecule is C[CH]c1ccccc1C1CCCCCCC1. The van der Waals surface area contributed by atoms with Crippen LogP contribution in [0.1, 0.15) is 68.9 Å². The van der Waals surface area contributed by atoms with Crippen molar-refractivity contribution in [2.45, 2.75) is 57.8 Å². The molecule has 0 aromatic heterocycles. The van der Waals surface area contributed by atoms with Crippen molar-refractivity contribution in [1.82, 2.24) is 0 Å². The summed E-state index contributed by atoms with van der Waals surface area (Å²) in [5.74, 6) is 0.813. The highest BCUT2D eigenvalue weighted by molar-refractivity contribution is 5.35. The first-order valence-corrected chi connectivity index (χ1v) is 6.80. The number of benzene rings is 1. The van der Waals surface area contributed by atoms with Gasteiger partial charge in [-0.2, -0.15) is 0 Å². The minimum absolute atomic E-state index is 0.813. The summed E-state index contributed by atoms with van der Waals surface area (Å²) < 4.78 is 0. The summed E-state index contributed by atoms with van der Waals surface area (Å²) in [6.07, 6.45) is 12.2. The first-order valence-electron chi connectivity index (χ1n) is 6.80. The second-order valence-corrected chi connectivity index (χ2v) is 4.96. The molecular weight excluding hydrogens is 192 g/mol. The van der Waals surface area contributed by atoms with Crippen molar-refractivity contribution in [3.05, 3.63) is 41.8 Å². The Kier molecular flexibility index (Phi) is 4.44. The summed E-state index contributed by atoms with van der Waals surface area (Å²) in [7, 11) is 0. The van der Waals surface area contributed by atoms with Crippen LogP contribution in [-0.4, -0.2) is 0 Å². The van der Waals surface area contributed by atoms with E-state index in [9.17, 15) is 0 Å². The summed E-state index contributed by atoms with van der Waals surface area (Å²) in [5.41, 5.74) is 3.04. The number of hydrogen-bond acceptors (Lipinski definition) is 0. The first-order chi connectivity index (χ1) is 7.92. The van der Waals surface area contributed by atoms with Crippen molar-refractivity contribution >= 4 is 0 Å². The van der Waals surface area contributed by atoms with E-state index in [1.807, 2.05) is 0 Å². The molecule has 0 bridgehead atoms. The molecule has 16 heavy (non-hydrogen) atoms. The summed E-state index contributed by atoms with van der Waals surface area (Å²) in [6, 6.07) is 8.94. The van der Waals surface area contributed by atoms with Crippen molar-refractivity contribution in [2.75, 3.05) is 0 Å². The highest BCUT2D eigenvalue weighted by Gasteiger charge is 2.15. The first kappa shape index (κ1) is 11.7. The molecule has 1 saturated carbocycles. The summed E-state index contributed by atoms with van der Waals surface area (Å²) in [5, 5.41) is 0. The van der Waals surface area contributed by atoms with Gasteiger partial charge in [0.15, 0.2) is 0 Å². The van der Waals surface area contributed by atoms with Gasteiger partial charge in [0, 0.05) is 0 Å². The minimum Gasteiger partial charge on any atom is -0.0620 e. The lowest BCUT2D eigenvalue weighted by Gasteiger charge is -2.22. The molecule has 87 valence electrons. The van der Waals surface area contributed by atoms with Crippen LogP contribution in [0.3, 0.4) is 0 Å². The van der Waals surface area contributed by atoms with Crippen LogP contribution in [0.5, 0.6) is 0 Å². The van der Waals surface area contributed by atoms with E-state index < -0.39 is 0 Å². The molecule has 2 rings (SSSR count). The van der Waals surface area contributed by atoms with Crippen LogP contribution < -0.4 is 0 Å². The minimum atomic E-state index is 0.813. The average molecular weight is 215 g/mol. The van der Waals surface area contributed by atoms with Crippen molar-refractivity contribution in [1.29, 1.82) is 0 Å². The quantitative estimate of drug-likeness (QED) is 0.645. The van der Waals surface area contributed by atoms with E-state index in [2.05, 4.69) is 37.6 Å². The third-order valence-corrected chi connectivity index (χ3v) is 3.85. The molecule has 1 radical (unpaired) electrons. The van der Waals surface area contributed by atoms with Gasteiger partial charge in [-0.1, -0.05) is 63.3 Å². The lowest BCUT2D eigenvalue weighted by atomic mass is 9.83. The topological polar surface area (TPSA) is 0 Å². The second kappa shape index (κ2) is 6.08. The number of rotatable bonds is 2. The van der Waals surface area contributed by atoms with Crippen LogP contribution in [-0.2, 0) is 0 Å². The standard InChI is InChI=1S/C16H23/c1-2-14-10-8-9-13-16(14)15-11-6-4-3-5-7-12-15/h2,8-10,13,15H,3-7,11-12H2,1H3. The van der Waals surface area contributed by atoms with Gasteiger partial charge in [0.25, 0.3) is 0 Å². The molecule has 0 nitrogen and oxygen atoms in total. The molecule has 0 heterocycles. The molecule has 0 amide bonds. The Balaban J connectivity index is 2.13. The van der Waals surface area contributed by atoms with Gasteiger partial charge in [-0.05, 0) is 36.3 Å². The summed E-state index contributed by atoms with van der Waals surface area (Å²) >= 11 is 0. The van der Waals surface area contributed by atoms with Gasteiger partial charge in [0.05, 0.1) is 0 Å². The van der Waals surface area contributed by atoms with E-state index in [1.165, 1.54) is 50.5 Å². The molecule has 0 spiro atoms. The fourth-order valence-electron chi connectivity index (χ4n) is 2.91. The molecule has 1 fully saturated rings. The van der Waals surface area contributed by atoms with Crippen molar-refractivity contribution in [3.63, 3.8) is 0 Å². The van der Waals surface area contributed by atoms with Crippen molar-refractivity contribution in [3.8, 4) is 0 Å². The van der Waals surface area contributed by atoms with E-state index in [0.29, 0.717) is 0 Å². The Morgan fingerprint density at radius 2 is 1.56 bits per heavy atom. The molecule has 1 aromatic rings. The predicted octanol–water partition coefficient (Wildman–Crippen LogP) is 5.09. The molecule has 0 unspecified atom stereocenters. The average Bonchev–Trinajstić information content (AvgIpc) is 2.29. The van der Waals surface area contributed by atoms with Gasteiger partial charge in [0.2, 0.25) is 0 Å². The maximum Gasteiger partial charge on any atom is -0.0121 e. The molecule has 1 aliphatic rings. The van der Waals surface area contributed by atoms with Gasteiger partial charge < -0.3 is 0 Å². The van der Waals surface area contributed by atoms with Crippen molar-refractivity contribution < 1.29 is 0 Å². The third kappa shape index (κ3) is 2.87.